The Bertz CT molecular complexity index is 529. The van der Waals surface area contributed by atoms with Gasteiger partial charge in [-0.1, -0.05) is 20.3 Å². The first-order valence-electron chi connectivity index (χ1n) is 10.3. The van der Waals surface area contributed by atoms with Crippen LogP contribution in [0.25, 0.3) is 0 Å². The molecular weight excluding hydrogens is 344 g/mol. The van der Waals surface area contributed by atoms with E-state index in [0.717, 1.165) is 39.0 Å². The molecule has 0 spiro atoms. The normalized spacial score (nSPS) is 25.7. The first-order chi connectivity index (χ1) is 12.8. The summed E-state index contributed by atoms with van der Waals surface area (Å²) in [6, 6.07) is -0.0392. The zero-order chi connectivity index (χ0) is 20.0. The third kappa shape index (κ3) is 6.79. The average molecular weight is 381 g/mol. The summed E-state index contributed by atoms with van der Waals surface area (Å²) in [5, 5.41) is 3.08. The third-order valence-electron chi connectivity index (χ3n) is 5.57. The molecule has 2 aliphatic rings. The smallest absolute Gasteiger partial charge is 0.226 e. The molecule has 2 atom stereocenters. The highest BCUT2D eigenvalue weighted by Gasteiger charge is 2.31. The molecule has 2 saturated heterocycles. The molecule has 0 saturated carbocycles. The number of hydrogen-bond donors (Lipinski definition) is 1. The quantitative estimate of drug-likeness (QED) is 0.788. The van der Waals surface area contributed by atoms with E-state index < -0.39 is 0 Å². The predicted molar refractivity (Wildman–Crippen MR) is 105 cm³/mol. The Hall–Kier alpha value is -1.63. The molecule has 7 nitrogen and oxygen atoms in total. The number of rotatable bonds is 4. The molecule has 2 aliphatic heterocycles. The number of carbonyl (C=O) groups excluding carboxylic acids is 3. The summed E-state index contributed by atoms with van der Waals surface area (Å²) in [4.78, 5) is 43.5. The van der Waals surface area contributed by atoms with Crippen LogP contribution in [0.1, 0.15) is 46.0 Å². The van der Waals surface area contributed by atoms with Gasteiger partial charge >= 0.3 is 0 Å². The van der Waals surface area contributed by atoms with Gasteiger partial charge in [-0.3, -0.25) is 14.4 Å². The van der Waals surface area contributed by atoms with Crippen LogP contribution in [-0.4, -0.2) is 85.3 Å². The minimum absolute atomic E-state index is 0.00696. The highest BCUT2D eigenvalue weighted by Crippen LogP contribution is 2.21. The lowest BCUT2D eigenvalue weighted by Gasteiger charge is -2.34. The Morgan fingerprint density at radius 3 is 2.41 bits per heavy atom. The van der Waals surface area contributed by atoms with Crippen molar-refractivity contribution in [3.8, 4) is 0 Å². The SMILES string of the molecule is CC(C)CC(=O)N[C@@H]1CCC[C@@H](C(=O)N2CCN(C)CC2)CC(=O)N(C)C1. The van der Waals surface area contributed by atoms with Crippen LogP contribution in [0.5, 0.6) is 0 Å². The summed E-state index contributed by atoms with van der Waals surface area (Å²) in [6.45, 7) is 7.80. The van der Waals surface area contributed by atoms with E-state index in [4.69, 9.17) is 0 Å². The van der Waals surface area contributed by atoms with Crippen LogP contribution in [0.3, 0.4) is 0 Å². The van der Waals surface area contributed by atoms with E-state index in [9.17, 15) is 14.4 Å². The van der Waals surface area contributed by atoms with Gasteiger partial charge in [0.2, 0.25) is 17.7 Å². The maximum atomic E-state index is 12.9. The molecule has 0 unspecified atom stereocenters. The van der Waals surface area contributed by atoms with Gasteiger partial charge in [-0.15, -0.1) is 0 Å². The van der Waals surface area contributed by atoms with Crippen LogP contribution in [0.15, 0.2) is 0 Å². The van der Waals surface area contributed by atoms with E-state index >= 15 is 0 Å². The maximum absolute atomic E-state index is 12.9. The lowest BCUT2D eigenvalue weighted by atomic mass is 9.95. The third-order valence-corrected chi connectivity index (χ3v) is 5.57. The van der Waals surface area contributed by atoms with Crippen LogP contribution in [0.4, 0.5) is 0 Å². The standard InChI is InChI=1S/C20H36N4O3/c1-15(2)12-18(25)21-17-7-5-6-16(13-19(26)23(4)14-17)20(27)24-10-8-22(3)9-11-24/h15-17H,5-14H2,1-4H3,(H,21,25)/t16-,17-/m1/s1. The van der Waals surface area contributed by atoms with Crippen LogP contribution in [0, 0.1) is 11.8 Å². The van der Waals surface area contributed by atoms with E-state index in [1.54, 1.807) is 11.9 Å². The summed E-state index contributed by atoms with van der Waals surface area (Å²) in [5.41, 5.74) is 0. The number of piperazine rings is 1. The van der Waals surface area contributed by atoms with Gasteiger partial charge in [0.05, 0.1) is 0 Å². The first kappa shape index (κ1) is 21.7. The molecule has 0 aromatic rings. The van der Waals surface area contributed by atoms with Crippen molar-refractivity contribution < 1.29 is 14.4 Å². The average Bonchev–Trinajstić information content (AvgIpc) is 2.65. The second-order valence-electron chi connectivity index (χ2n) is 8.60. The minimum Gasteiger partial charge on any atom is -0.352 e. The highest BCUT2D eigenvalue weighted by molar-refractivity contribution is 5.86. The van der Waals surface area contributed by atoms with E-state index in [-0.39, 0.29) is 36.1 Å². The van der Waals surface area contributed by atoms with Gasteiger partial charge in [-0.25, -0.2) is 0 Å². The molecule has 154 valence electrons. The monoisotopic (exact) mass is 380 g/mol. The second kappa shape index (κ2) is 10.1. The number of nitrogens with zero attached hydrogens (tertiary/aromatic N) is 3. The molecule has 2 fully saturated rings. The summed E-state index contributed by atoms with van der Waals surface area (Å²) in [7, 11) is 3.83. The molecule has 0 aromatic carbocycles. The first-order valence-corrected chi connectivity index (χ1v) is 10.3. The summed E-state index contributed by atoms with van der Waals surface area (Å²) < 4.78 is 0. The zero-order valence-corrected chi connectivity index (χ0v) is 17.4. The molecule has 7 heteroatoms. The number of amides is 3. The van der Waals surface area contributed by atoms with Crippen molar-refractivity contribution in [1.29, 1.82) is 0 Å². The molecule has 0 aliphatic carbocycles. The van der Waals surface area contributed by atoms with Gasteiger partial charge in [0.1, 0.15) is 0 Å². The zero-order valence-electron chi connectivity index (χ0n) is 17.4. The van der Waals surface area contributed by atoms with Gasteiger partial charge in [0.15, 0.2) is 0 Å². The summed E-state index contributed by atoms with van der Waals surface area (Å²) >= 11 is 0. The van der Waals surface area contributed by atoms with Gasteiger partial charge in [0, 0.05) is 64.6 Å². The van der Waals surface area contributed by atoms with Crippen molar-refractivity contribution in [3.05, 3.63) is 0 Å². The van der Waals surface area contributed by atoms with E-state index in [0.29, 0.717) is 25.3 Å². The minimum atomic E-state index is -0.242. The molecule has 1 N–H and O–H groups in total. The van der Waals surface area contributed by atoms with Crippen molar-refractivity contribution in [2.75, 3.05) is 46.8 Å². The van der Waals surface area contributed by atoms with Gasteiger partial charge < -0.3 is 20.0 Å². The Morgan fingerprint density at radius 2 is 1.78 bits per heavy atom. The fourth-order valence-electron chi connectivity index (χ4n) is 3.87. The molecule has 27 heavy (non-hydrogen) atoms. The molecule has 0 aromatic heterocycles. The van der Waals surface area contributed by atoms with Crippen molar-refractivity contribution in [2.45, 2.75) is 52.0 Å². The Kier molecular flexibility index (Phi) is 8.07. The highest BCUT2D eigenvalue weighted by atomic mass is 16.2. The molecule has 2 rings (SSSR count). The lowest BCUT2D eigenvalue weighted by molar-refractivity contribution is -0.142. The summed E-state index contributed by atoms with van der Waals surface area (Å²) in [6.07, 6.45) is 3.13. The molecule has 2 heterocycles. The molecular formula is C20H36N4O3. The Labute approximate surface area is 163 Å². The van der Waals surface area contributed by atoms with Crippen molar-refractivity contribution in [1.82, 2.24) is 20.0 Å². The number of likely N-dealkylation sites (N-methyl/N-ethyl adjacent to an activating group) is 2. The fourth-order valence-corrected chi connectivity index (χ4v) is 3.87. The topological polar surface area (TPSA) is 73.0 Å². The maximum Gasteiger partial charge on any atom is 0.226 e. The van der Waals surface area contributed by atoms with Gasteiger partial charge in [-0.05, 0) is 25.8 Å². The van der Waals surface area contributed by atoms with Crippen LogP contribution in [-0.2, 0) is 14.4 Å². The lowest BCUT2D eigenvalue weighted by Crippen LogP contribution is -2.49. The Morgan fingerprint density at radius 1 is 1.11 bits per heavy atom. The van der Waals surface area contributed by atoms with Gasteiger partial charge in [-0.2, -0.15) is 0 Å². The van der Waals surface area contributed by atoms with E-state index in [1.165, 1.54) is 0 Å². The summed E-state index contributed by atoms with van der Waals surface area (Å²) in [5.74, 6) is 0.222. The fraction of sp³-hybridized carbons (Fsp3) is 0.850. The number of hydrogen-bond acceptors (Lipinski definition) is 4. The number of carbonyl (C=O) groups is 3. The van der Waals surface area contributed by atoms with E-state index in [2.05, 4.69) is 17.3 Å². The van der Waals surface area contributed by atoms with Crippen LogP contribution < -0.4 is 5.32 Å². The van der Waals surface area contributed by atoms with Crippen LogP contribution in [0.2, 0.25) is 0 Å². The predicted octanol–water partition coefficient (Wildman–Crippen LogP) is 0.940. The van der Waals surface area contributed by atoms with Crippen molar-refractivity contribution in [2.24, 2.45) is 11.8 Å². The van der Waals surface area contributed by atoms with Crippen molar-refractivity contribution >= 4 is 17.7 Å². The van der Waals surface area contributed by atoms with Gasteiger partial charge in [0.25, 0.3) is 0 Å². The van der Waals surface area contributed by atoms with Crippen molar-refractivity contribution in [3.63, 3.8) is 0 Å². The van der Waals surface area contributed by atoms with Crippen LogP contribution >= 0.6 is 0 Å². The molecule has 0 bridgehead atoms. The molecule has 0 radical (unpaired) electrons. The molecule has 3 amide bonds. The number of nitrogens with one attached hydrogen (secondary N) is 1. The Balaban J connectivity index is 1.96. The second-order valence-corrected chi connectivity index (χ2v) is 8.60. The largest absolute Gasteiger partial charge is 0.352 e. The van der Waals surface area contributed by atoms with E-state index in [1.807, 2.05) is 18.7 Å².